The molecule has 0 aliphatic carbocycles. The molecule has 0 unspecified atom stereocenters. The van der Waals surface area contributed by atoms with Crippen LogP contribution in [-0.4, -0.2) is 15.8 Å². The van der Waals surface area contributed by atoms with Crippen LogP contribution < -0.4 is 5.73 Å². The first-order chi connectivity index (χ1) is 7.77. The Morgan fingerprint density at radius 3 is 2.62 bits per heavy atom. The average molecular weight is 213 g/mol. The summed E-state index contributed by atoms with van der Waals surface area (Å²) in [6, 6.07) is 8.82. The number of anilines is 1. The fourth-order valence-corrected chi connectivity index (χ4v) is 1.40. The van der Waals surface area contributed by atoms with E-state index in [1.165, 1.54) is 0 Å². The summed E-state index contributed by atoms with van der Waals surface area (Å²) in [5.74, 6) is -0.114. The van der Waals surface area contributed by atoms with Crippen molar-refractivity contribution in [1.29, 1.82) is 0 Å². The lowest BCUT2D eigenvalue weighted by Gasteiger charge is -2.02. The van der Waals surface area contributed by atoms with E-state index in [1.807, 2.05) is 12.1 Å². The van der Waals surface area contributed by atoms with Crippen molar-refractivity contribution >= 4 is 11.5 Å². The van der Waals surface area contributed by atoms with Gasteiger partial charge in [-0.05, 0) is 24.3 Å². The molecule has 0 aliphatic heterocycles. The standard InChI is InChI=1S/C12H11N3O/c13-10-5-3-7-15-12(10)11(16)8-9-4-1-2-6-14-9/h1-7H,8,13H2. The van der Waals surface area contributed by atoms with Gasteiger partial charge in [0.15, 0.2) is 5.78 Å². The number of carbonyl (C=O) groups is 1. The van der Waals surface area contributed by atoms with Crippen LogP contribution in [0.2, 0.25) is 0 Å². The van der Waals surface area contributed by atoms with Gasteiger partial charge in [-0.15, -0.1) is 0 Å². The van der Waals surface area contributed by atoms with Gasteiger partial charge in [-0.3, -0.25) is 14.8 Å². The van der Waals surface area contributed by atoms with E-state index in [4.69, 9.17) is 5.73 Å². The van der Waals surface area contributed by atoms with E-state index in [-0.39, 0.29) is 12.2 Å². The molecule has 80 valence electrons. The van der Waals surface area contributed by atoms with Crippen LogP contribution in [0.4, 0.5) is 5.69 Å². The first-order valence-corrected chi connectivity index (χ1v) is 4.91. The SMILES string of the molecule is Nc1cccnc1C(=O)Cc1ccccn1. The number of rotatable bonds is 3. The van der Waals surface area contributed by atoms with Crippen molar-refractivity contribution in [1.82, 2.24) is 9.97 Å². The van der Waals surface area contributed by atoms with Gasteiger partial charge in [0.1, 0.15) is 5.69 Å². The van der Waals surface area contributed by atoms with Crippen LogP contribution in [0, 0.1) is 0 Å². The predicted molar refractivity (Wildman–Crippen MR) is 60.9 cm³/mol. The third kappa shape index (κ3) is 2.23. The van der Waals surface area contributed by atoms with Gasteiger partial charge in [0.2, 0.25) is 0 Å². The number of pyridine rings is 2. The topological polar surface area (TPSA) is 68.9 Å². The van der Waals surface area contributed by atoms with Crippen molar-refractivity contribution in [2.75, 3.05) is 5.73 Å². The Morgan fingerprint density at radius 2 is 1.94 bits per heavy atom. The lowest BCUT2D eigenvalue weighted by atomic mass is 10.1. The lowest BCUT2D eigenvalue weighted by molar-refractivity contribution is 0.0988. The van der Waals surface area contributed by atoms with Gasteiger partial charge in [-0.1, -0.05) is 6.07 Å². The summed E-state index contributed by atoms with van der Waals surface area (Å²) < 4.78 is 0. The van der Waals surface area contributed by atoms with Gasteiger partial charge in [0.05, 0.1) is 12.1 Å². The monoisotopic (exact) mass is 213 g/mol. The van der Waals surface area contributed by atoms with Crippen LogP contribution in [0.3, 0.4) is 0 Å². The Labute approximate surface area is 93.2 Å². The molecule has 0 amide bonds. The summed E-state index contributed by atoms with van der Waals surface area (Å²) in [5, 5.41) is 0. The number of aromatic nitrogens is 2. The minimum Gasteiger partial charge on any atom is -0.397 e. The quantitative estimate of drug-likeness (QED) is 0.784. The van der Waals surface area contributed by atoms with E-state index < -0.39 is 0 Å². The summed E-state index contributed by atoms with van der Waals surface area (Å²) in [6.07, 6.45) is 3.44. The van der Waals surface area contributed by atoms with E-state index in [0.29, 0.717) is 11.4 Å². The van der Waals surface area contributed by atoms with Gasteiger partial charge < -0.3 is 5.73 Å². The normalized spacial score (nSPS) is 10.0. The van der Waals surface area contributed by atoms with Crippen LogP contribution in [-0.2, 0) is 6.42 Å². The molecule has 4 heteroatoms. The van der Waals surface area contributed by atoms with Crippen molar-refractivity contribution in [3.8, 4) is 0 Å². The highest BCUT2D eigenvalue weighted by Gasteiger charge is 2.11. The summed E-state index contributed by atoms with van der Waals surface area (Å²) in [4.78, 5) is 19.9. The van der Waals surface area contributed by atoms with Crippen LogP contribution in [0.5, 0.6) is 0 Å². The molecule has 16 heavy (non-hydrogen) atoms. The number of carbonyl (C=O) groups excluding carboxylic acids is 1. The number of Topliss-reactive ketones (excluding diaryl/α,β-unsaturated/α-hetero) is 1. The zero-order chi connectivity index (χ0) is 11.4. The van der Waals surface area contributed by atoms with Crippen LogP contribution >= 0.6 is 0 Å². The minimum atomic E-state index is -0.114. The molecule has 2 rings (SSSR count). The summed E-state index contributed by atoms with van der Waals surface area (Å²) in [6.45, 7) is 0. The van der Waals surface area contributed by atoms with Crippen molar-refractivity contribution in [2.45, 2.75) is 6.42 Å². The smallest absolute Gasteiger partial charge is 0.189 e. The molecule has 0 aromatic carbocycles. The molecule has 4 nitrogen and oxygen atoms in total. The second-order valence-electron chi connectivity index (χ2n) is 3.36. The van der Waals surface area contributed by atoms with E-state index >= 15 is 0 Å². The Kier molecular flexibility index (Phi) is 2.91. The first kappa shape index (κ1) is 10.3. The second kappa shape index (κ2) is 4.53. The Hall–Kier alpha value is -2.23. The first-order valence-electron chi connectivity index (χ1n) is 4.91. The zero-order valence-corrected chi connectivity index (χ0v) is 8.63. The third-order valence-corrected chi connectivity index (χ3v) is 2.17. The maximum absolute atomic E-state index is 11.9. The number of hydrogen-bond acceptors (Lipinski definition) is 4. The molecular formula is C12H11N3O. The average Bonchev–Trinajstić information content (AvgIpc) is 2.31. The lowest BCUT2D eigenvalue weighted by Crippen LogP contribution is -2.09. The number of nitrogens with zero attached hydrogens (tertiary/aromatic N) is 2. The largest absolute Gasteiger partial charge is 0.397 e. The molecular weight excluding hydrogens is 202 g/mol. The fourth-order valence-electron chi connectivity index (χ4n) is 1.40. The second-order valence-corrected chi connectivity index (χ2v) is 3.36. The highest BCUT2D eigenvalue weighted by molar-refractivity contribution is 5.99. The zero-order valence-electron chi connectivity index (χ0n) is 8.63. The minimum absolute atomic E-state index is 0.114. The summed E-state index contributed by atoms with van der Waals surface area (Å²) >= 11 is 0. The van der Waals surface area contributed by atoms with Crippen molar-refractivity contribution in [3.63, 3.8) is 0 Å². The molecule has 2 N–H and O–H groups in total. The molecule has 0 atom stereocenters. The van der Waals surface area contributed by atoms with E-state index in [0.717, 1.165) is 5.69 Å². The van der Waals surface area contributed by atoms with E-state index in [1.54, 1.807) is 30.6 Å². The van der Waals surface area contributed by atoms with Gasteiger partial charge >= 0.3 is 0 Å². The molecule has 0 bridgehead atoms. The van der Waals surface area contributed by atoms with Gasteiger partial charge in [-0.25, -0.2) is 0 Å². The van der Waals surface area contributed by atoms with Crippen LogP contribution in [0.1, 0.15) is 16.2 Å². The van der Waals surface area contributed by atoms with Crippen molar-refractivity contribution < 1.29 is 4.79 Å². The maximum atomic E-state index is 11.9. The van der Waals surface area contributed by atoms with Gasteiger partial charge in [0, 0.05) is 18.1 Å². The third-order valence-electron chi connectivity index (χ3n) is 2.17. The number of nitrogen functional groups attached to an aromatic ring is 1. The Bertz CT molecular complexity index is 497. The van der Waals surface area contributed by atoms with Crippen molar-refractivity contribution in [3.05, 3.63) is 54.1 Å². The molecule has 2 aromatic heterocycles. The molecule has 0 saturated heterocycles. The maximum Gasteiger partial charge on any atom is 0.189 e. The van der Waals surface area contributed by atoms with Gasteiger partial charge in [0.25, 0.3) is 0 Å². The molecule has 0 saturated carbocycles. The fraction of sp³-hybridized carbons (Fsp3) is 0.0833. The molecule has 0 fully saturated rings. The summed E-state index contributed by atoms with van der Waals surface area (Å²) in [7, 11) is 0. The Morgan fingerprint density at radius 1 is 1.12 bits per heavy atom. The molecule has 2 aromatic rings. The molecule has 2 heterocycles. The van der Waals surface area contributed by atoms with Crippen LogP contribution in [0.15, 0.2) is 42.7 Å². The van der Waals surface area contributed by atoms with E-state index in [9.17, 15) is 4.79 Å². The van der Waals surface area contributed by atoms with Crippen molar-refractivity contribution in [2.24, 2.45) is 0 Å². The molecule has 0 radical (unpaired) electrons. The Balaban J connectivity index is 2.19. The van der Waals surface area contributed by atoms with Crippen LogP contribution in [0.25, 0.3) is 0 Å². The highest BCUT2D eigenvalue weighted by atomic mass is 16.1. The summed E-state index contributed by atoms with van der Waals surface area (Å²) in [5.41, 5.74) is 7.11. The van der Waals surface area contributed by atoms with Gasteiger partial charge in [-0.2, -0.15) is 0 Å². The van der Waals surface area contributed by atoms with E-state index in [2.05, 4.69) is 9.97 Å². The highest BCUT2D eigenvalue weighted by Crippen LogP contribution is 2.10. The number of ketones is 1. The predicted octanol–water partition coefficient (Wildman–Crippen LogP) is 1.48. The molecule has 0 aliphatic rings. The number of nitrogens with two attached hydrogens (primary N) is 1. The molecule has 0 spiro atoms. The number of hydrogen-bond donors (Lipinski definition) is 1.